The number of furan rings is 1. The molecule has 0 aliphatic carbocycles. The van der Waals surface area contributed by atoms with Crippen LogP contribution in [0.15, 0.2) is 162 Å². The van der Waals surface area contributed by atoms with Crippen LogP contribution in [0.4, 0.5) is 0 Å². The molecule has 1 heterocycles. The monoisotopic (exact) mass is 565 g/mol. The predicted molar refractivity (Wildman–Crippen MR) is 183 cm³/mol. The molecule has 200 valence electrons. The van der Waals surface area contributed by atoms with Gasteiger partial charge in [0.2, 0.25) is 0 Å². The van der Waals surface area contributed by atoms with Crippen molar-refractivity contribution in [3.63, 3.8) is 0 Å². The molecule has 0 aliphatic heterocycles. The summed E-state index contributed by atoms with van der Waals surface area (Å²) >= 11 is 0. The van der Waals surface area contributed by atoms with Crippen LogP contribution in [0.25, 0.3) is 87.6 Å². The smallest absolute Gasteiger partial charge is 0.136 e. The first kappa shape index (κ1) is 11.9. The molecule has 9 rings (SSSR count). The minimum absolute atomic E-state index is 0.0153. The van der Waals surface area contributed by atoms with Crippen LogP contribution in [0.2, 0.25) is 0 Å². The number of hydrogen-bond donors (Lipinski definition) is 0. The molecule has 0 saturated carbocycles. The van der Waals surface area contributed by atoms with E-state index in [1.807, 2.05) is 0 Å². The van der Waals surface area contributed by atoms with Crippen molar-refractivity contribution >= 4 is 54.3 Å². The second-order valence-corrected chi connectivity index (χ2v) is 9.80. The zero-order valence-corrected chi connectivity index (χ0v) is 21.9. The first-order chi connectivity index (χ1) is 29.2. The number of rotatable bonds is 3. The molecular weight excluding hydrogens is 520 g/mol. The molecule has 0 unspecified atom stereocenters. The van der Waals surface area contributed by atoms with Crippen LogP contribution >= 0.6 is 0 Å². The molecule has 9 aromatic rings. The number of benzene rings is 8. The van der Waals surface area contributed by atoms with E-state index in [1.165, 1.54) is 42.5 Å². The SMILES string of the molecule is [2H]c1cc2c(-c3cc([2H])c([2H])c(-c4cc([2H])c([2H])c5c([2H])c([2H])c([2H])cc45)c3[2H])c3cc([2H])c([2H])cc3c(-c3c([2H])c([2H])c([2H])c4oc5c([2H])c([2H])c([2H])c([2H])c5c34)c2cc1[2H]. The summed E-state index contributed by atoms with van der Waals surface area (Å²) in [7, 11) is 0. The highest BCUT2D eigenvalue weighted by atomic mass is 16.3. The Morgan fingerprint density at radius 2 is 1.02 bits per heavy atom. The molecule has 0 spiro atoms. The van der Waals surface area contributed by atoms with Gasteiger partial charge < -0.3 is 4.42 Å². The normalized spacial score (nSPS) is 17.9. The second-order valence-electron chi connectivity index (χ2n) is 9.80. The van der Waals surface area contributed by atoms with Crippen LogP contribution in [0.5, 0.6) is 0 Å². The van der Waals surface area contributed by atoms with E-state index in [0.29, 0.717) is 0 Å². The van der Waals surface area contributed by atoms with Crippen molar-refractivity contribution in [3.8, 4) is 33.4 Å². The molecule has 0 aliphatic rings. The lowest BCUT2D eigenvalue weighted by Gasteiger charge is -2.19. The van der Waals surface area contributed by atoms with E-state index in [-0.39, 0.29) is 112 Å². The Morgan fingerprint density at radius 1 is 0.395 bits per heavy atom. The fraction of sp³-hybridized carbons (Fsp3) is 0. The number of para-hydroxylation sites is 1. The Bertz CT molecular complexity index is 3510. The van der Waals surface area contributed by atoms with Gasteiger partial charge in [-0.05, 0) is 83.8 Å². The van der Waals surface area contributed by atoms with E-state index >= 15 is 0 Å². The van der Waals surface area contributed by atoms with E-state index < -0.39 is 90.6 Å². The molecule has 0 radical (unpaired) electrons. The van der Waals surface area contributed by atoms with Gasteiger partial charge in [-0.1, -0.05) is 139 Å². The molecule has 1 nitrogen and oxygen atoms in total. The molecule has 0 fully saturated rings. The van der Waals surface area contributed by atoms with Crippen LogP contribution in [-0.4, -0.2) is 0 Å². The molecule has 43 heavy (non-hydrogen) atoms. The summed E-state index contributed by atoms with van der Waals surface area (Å²) in [5.74, 6) is 0. The Hall–Kier alpha value is -5.66. The lowest BCUT2D eigenvalue weighted by atomic mass is 9.84. The molecule has 1 aromatic heterocycles. The summed E-state index contributed by atoms with van der Waals surface area (Å²) in [6.45, 7) is 0. The third kappa shape index (κ3) is 3.65. The minimum Gasteiger partial charge on any atom is -0.456 e. The topological polar surface area (TPSA) is 13.1 Å². The fourth-order valence-electron chi connectivity index (χ4n) is 5.76. The predicted octanol–water partition coefficient (Wildman–Crippen LogP) is 12.0. The van der Waals surface area contributed by atoms with E-state index in [4.69, 9.17) is 27.7 Å². The van der Waals surface area contributed by atoms with Gasteiger partial charge in [-0.25, -0.2) is 0 Å². The van der Waals surface area contributed by atoms with E-state index in [9.17, 15) is 2.74 Å². The van der Waals surface area contributed by atoms with Gasteiger partial charge in [-0.15, -0.1) is 0 Å². The Balaban J connectivity index is 1.52. The maximum Gasteiger partial charge on any atom is 0.136 e. The van der Waals surface area contributed by atoms with Crippen molar-refractivity contribution in [3.05, 3.63) is 157 Å². The summed E-state index contributed by atoms with van der Waals surface area (Å²) in [5, 5.41) is -0.149. The van der Waals surface area contributed by atoms with Crippen LogP contribution in [-0.2, 0) is 0 Å². The van der Waals surface area contributed by atoms with Gasteiger partial charge in [0.1, 0.15) is 11.2 Å². The molecule has 1 heteroatoms. The lowest BCUT2D eigenvalue weighted by Crippen LogP contribution is -1.91. The van der Waals surface area contributed by atoms with Crippen LogP contribution in [0.1, 0.15) is 26.0 Å². The van der Waals surface area contributed by atoms with Crippen LogP contribution in [0.3, 0.4) is 0 Å². The maximum atomic E-state index is 9.74. The van der Waals surface area contributed by atoms with Gasteiger partial charge in [0.15, 0.2) is 0 Å². The Morgan fingerprint density at radius 3 is 1.84 bits per heavy atom. The van der Waals surface area contributed by atoms with Gasteiger partial charge in [-0.3, -0.25) is 0 Å². The molecular formula is C42H26O. The highest BCUT2D eigenvalue weighted by Gasteiger charge is 2.20. The van der Waals surface area contributed by atoms with Gasteiger partial charge in [0.05, 0.1) is 26.0 Å². The van der Waals surface area contributed by atoms with Gasteiger partial charge in [0.25, 0.3) is 0 Å². The van der Waals surface area contributed by atoms with Crippen molar-refractivity contribution in [2.24, 2.45) is 0 Å². The fourth-order valence-corrected chi connectivity index (χ4v) is 5.76. The first-order valence-corrected chi connectivity index (χ1v) is 13.2. The average molecular weight is 566 g/mol. The first-order valence-electron chi connectivity index (χ1n) is 22.7. The molecule has 0 N–H and O–H groups in total. The lowest BCUT2D eigenvalue weighted by molar-refractivity contribution is 0.669. The molecule has 0 atom stereocenters. The summed E-state index contributed by atoms with van der Waals surface area (Å²) in [4.78, 5) is 0. The van der Waals surface area contributed by atoms with Crippen molar-refractivity contribution < 1.29 is 30.5 Å². The molecule has 0 bridgehead atoms. The standard InChI is InChI=1S/C42H26O/c1-2-16-30-27(12-1)13-10-22-31(30)28-14-9-15-29(26-28)40-32-17-3-5-19-34(32)41(35-20-6-4-18-33(35)40)37-23-11-25-39-42(37)36-21-7-8-24-38(36)43-39/h1-26H/i1D,2D,3D,4D,5D,6D,7D,8D,9D,10D,11D,12D,13D,14D,21D,23D,24D,25D,26D. The van der Waals surface area contributed by atoms with Crippen molar-refractivity contribution in [1.29, 1.82) is 0 Å². The van der Waals surface area contributed by atoms with E-state index in [0.717, 1.165) is 0 Å². The molecule has 0 saturated heterocycles. The number of fused-ring (bicyclic) bond motifs is 6. The third-order valence-electron chi connectivity index (χ3n) is 7.55. The second kappa shape index (κ2) is 9.44. The Labute approximate surface area is 275 Å². The van der Waals surface area contributed by atoms with Crippen molar-refractivity contribution in [2.75, 3.05) is 0 Å². The molecule has 8 aromatic carbocycles. The zero-order valence-electron chi connectivity index (χ0n) is 40.9. The summed E-state index contributed by atoms with van der Waals surface area (Å²) < 4.78 is 173. The third-order valence-corrected chi connectivity index (χ3v) is 7.55. The van der Waals surface area contributed by atoms with Crippen molar-refractivity contribution in [2.45, 2.75) is 0 Å². The van der Waals surface area contributed by atoms with Crippen LogP contribution in [0, 0.1) is 0 Å². The zero-order chi connectivity index (χ0) is 44.9. The largest absolute Gasteiger partial charge is 0.456 e. The molecule has 0 amide bonds. The van der Waals surface area contributed by atoms with E-state index in [1.54, 1.807) is 0 Å². The van der Waals surface area contributed by atoms with Gasteiger partial charge >= 0.3 is 0 Å². The highest BCUT2D eigenvalue weighted by Crippen LogP contribution is 2.47. The maximum absolute atomic E-state index is 9.74. The van der Waals surface area contributed by atoms with Crippen molar-refractivity contribution in [1.82, 2.24) is 0 Å². The quantitative estimate of drug-likeness (QED) is 0.194. The van der Waals surface area contributed by atoms with Gasteiger partial charge in [-0.2, -0.15) is 0 Å². The van der Waals surface area contributed by atoms with Crippen LogP contribution < -0.4 is 0 Å². The van der Waals surface area contributed by atoms with E-state index in [2.05, 4.69) is 0 Å². The summed E-state index contributed by atoms with van der Waals surface area (Å²) in [6, 6.07) is -0.419. The average Bonchev–Trinajstić information content (AvgIpc) is 3.63. The summed E-state index contributed by atoms with van der Waals surface area (Å²) in [5.41, 5.74) is -1.12. The van der Waals surface area contributed by atoms with Gasteiger partial charge in [0, 0.05) is 10.8 Å². The Kier molecular flexibility index (Phi) is 2.61. The highest BCUT2D eigenvalue weighted by molar-refractivity contribution is 6.25. The minimum atomic E-state index is -0.648. The number of hydrogen-bond acceptors (Lipinski definition) is 1. The summed E-state index contributed by atoms with van der Waals surface area (Å²) in [6.07, 6.45) is 0.